The molecular weight excluding hydrogens is 260 g/mol. The van der Waals surface area contributed by atoms with Crippen LogP contribution in [0.2, 0.25) is 0 Å². The minimum Gasteiger partial charge on any atom is -0.355 e. The zero-order chi connectivity index (χ0) is 15.1. The van der Waals surface area contributed by atoms with Crippen LogP contribution in [0.25, 0.3) is 0 Å². The largest absolute Gasteiger partial charge is 0.355 e. The summed E-state index contributed by atoms with van der Waals surface area (Å²) in [7, 11) is 1.96. The van der Waals surface area contributed by atoms with E-state index >= 15 is 0 Å². The first kappa shape index (κ1) is 15.3. The van der Waals surface area contributed by atoms with Gasteiger partial charge >= 0.3 is 0 Å². The molecule has 21 heavy (non-hydrogen) atoms. The Morgan fingerprint density at radius 3 is 1.81 bits per heavy atom. The van der Waals surface area contributed by atoms with Gasteiger partial charge in [-0.3, -0.25) is 4.79 Å². The van der Waals surface area contributed by atoms with Gasteiger partial charge in [0.1, 0.15) is 0 Å². The maximum Gasteiger partial charge on any atom is 0.207 e. The highest BCUT2D eigenvalue weighted by atomic mass is 16.1. The van der Waals surface area contributed by atoms with Gasteiger partial charge in [0.2, 0.25) is 6.41 Å². The first-order chi connectivity index (χ1) is 10.2. The Hall–Kier alpha value is -2.13. The molecule has 1 unspecified atom stereocenters. The summed E-state index contributed by atoms with van der Waals surface area (Å²) in [6.45, 7) is 3.69. The third kappa shape index (κ3) is 4.17. The fourth-order valence-electron chi connectivity index (χ4n) is 2.40. The molecule has 2 aromatic carbocycles. The van der Waals surface area contributed by atoms with Crippen LogP contribution in [0.15, 0.2) is 48.5 Å². The molecule has 0 aliphatic rings. The van der Waals surface area contributed by atoms with E-state index in [0.29, 0.717) is 12.5 Å². The monoisotopic (exact) mass is 282 g/mol. The molecule has 2 N–H and O–H groups in total. The molecule has 2 rings (SSSR count). The van der Waals surface area contributed by atoms with E-state index in [1.54, 1.807) is 0 Å². The van der Waals surface area contributed by atoms with Crippen molar-refractivity contribution in [2.24, 2.45) is 0 Å². The Labute approximate surface area is 126 Å². The van der Waals surface area contributed by atoms with E-state index in [1.165, 1.54) is 16.7 Å². The van der Waals surface area contributed by atoms with E-state index in [1.807, 2.05) is 7.05 Å². The Morgan fingerprint density at radius 1 is 0.905 bits per heavy atom. The number of hydrogen-bond acceptors (Lipinski definition) is 2. The van der Waals surface area contributed by atoms with Crippen LogP contribution in [-0.4, -0.2) is 13.5 Å². The minimum absolute atomic E-state index is 0.363. The average molecular weight is 282 g/mol. The van der Waals surface area contributed by atoms with Crippen LogP contribution in [-0.2, 0) is 17.9 Å². The average Bonchev–Trinajstić information content (AvgIpc) is 2.54. The zero-order valence-corrected chi connectivity index (χ0v) is 12.6. The third-order valence-electron chi connectivity index (χ3n) is 3.73. The molecule has 0 bridgehead atoms. The van der Waals surface area contributed by atoms with Crippen LogP contribution in [0.3, 0.4) is 0 Å². The lowest BCUT2D eigenvalue weighted by Crippen LogP contribution is -2.09. The van der Waals surface area contributed by atoms with Gasteiger partial charge in [-0.2, -0.15) is 0 Å². The maximum absolute atomic E-state index is 10.3. The van der Waals surface area contributed by atoms with Crippen molar-refractivity contribution < 1.29 is 4.79 Å². The smallest absolute Gasteiger partial charge is 0.207 e. The van der Waals surface area contributed by atoms with Crippen molar-refractivity contribution >= 4 is 6.41 Å². The molecule has 0 fully saturated rings. The molecule has 0 heterocycles. The molecule has 0 aromatic heterocycles. The fourth-order valence-corrected chi connectivity index (χ4v) is 2.40. The molecule has 0 radical (unpaired) electrons. The van der Waals surface area contributed by atoms with Crippen molar-refractivity contribution in [3.8, 4) is 0 Å². The molecule has 3 heteroatoms. The summed E-state index contributed by atoms with van der Waals surface area (Å²) in [5.74, 6) is 0.363. The lowest BCUT2D eigenvalue weighted by atomic mass is 9.92. The van der Waals surface area contributed by atoms with E-state index in [4.69, 9.17) is 0 Å². The van der Waals surface area contributed by atoms with E-state index in [0.717, 1.165) is 18.5 Å². The van der Waals surface area contributed by atoms with E-state index in [9.17, 15) is 4.79 Å². The van der Waals surface area contributed by atoms with Crippen molar-refractivity contribution in [3.05, 3.63) is 70.8 Å². The second kappa shape index (κ2) is 7.60. The molecule has 0 aliphatic heterocycles. The fraction of sp³-hybridized carbons (Fsp3) is 0.278. The predicted octanol–water partition coefficient (Wildman–Crippen LogP) is 2.80. The maximum atomic E-state index is 10.3. The van der Waals surface area contributed by atoms with Crippen LogP contribution >= 0.6 is 0 Å². The summed E-state index contributed by atoms with van der Waals surface area (Å²) in [5.41, 5.74) is 5.01. The lowest BCUT2D eigenvalue weighted by Gasteiger charge is -2.14. The van der Waals surface area contributed by atoms with Gasteiger partial charge in [-0.1, -0.05) is 55.5 Å². The Bertz CT molecular complexity index is 561. The first-order valence-electron chi connectivity index (χ1n) is 7.24. The molecule has 1 atom stereocenters. The standard InChI is InChI=1S/C18H22N2O/c1-14(17-7-3-15(4-8-17)11-19-2)18-9-5-16(6-10-18)12-20-13-21/h3-10,13-14,19H,11-12H2,1-2H3,(H,20,21). The van der Waals surface area contributed by atoms with Crippen LogP contribution < -0.4 is 10.6 Å². The van der Waals surface area contributed by atoms with Gasteiger partial charge in [0, 0.05) is 19.0 Å². The summed E-state index contributed by atoms with van der Waals surface area (Å²) in [6, 6.07) is 17.1. The van der Waals surface area contributed by atoms with E-state index in [-0.39, 0.29) is 0 Å². The van der Waals surface area contributed by atoms with Crippen LogP contribution in [0.1, 0.15) is 35.1 Å². The number of amides is 1. The highest BCUT2D eigenvalue weighted by Crippen LogP contribution is 2.24. The van der Waals surface area contributed by atoms with Gasteiger partial charge in [-0.15, -0.1) is 0 Å². The van der Waals surface area contributed by atoms with Gasteiger partial charge in [0.15, 0.2) is 0 Å². The second-order valence-electron chi connectivity index (χ2n) is 5.23. The van der Waals surface area contributed by atoms with Gasteiger partial charge in [0.05, 0.1) is 0 Å². The number of benzene rings is 2. The van der Waals surface area contributed by atoms with Crippen molar-refractivity contribution in [1.29, 1.82) is 0 Å². The third-order valence-corrected chi connectivity index (χ3v) is 3.73. The molecule has 110 valence electrons. The van der Waals surface area contributed by atoms with Gasteiger partial charge < -0.3 is 10.6 Å². The molecule has 0 saturated heterocycles. The highest BCUT2D eigenvalue weighted by Gasteiger charge is 2.08. The van der Waals surface area contributed by atoms with Crippen molar-refractivity contribution in [2.45, 2.75) is 25.9 Å². The van der Waals surface area contributed by atoms with Crippen LogP contribution in [0.5, 0.6) is 0 Å². The Kier molecular flexibility index (Phi) is 5.52. The van der Waals surface area contributed by atoms with Gasteiger partial charge in [0.25, 0.3) is 0 Å². The molecule has 0 saturated carbocycles. The summed E-state index contributed by atoms with van der Waals surface area (Å²) < 4.78 is 0. The van der Waals surface area contributed by atoms with Crippen LogP contribution in [0, 0.1) is 0 Å². The number of hydrogen-bond donors (Lipinski definition) is 2. The summed E-state index contributed by atoms with van der Waals surface area (Å²) in [6.07, 6.45) is 0.725. The second-order valence-corrected chi connectivity index (χ2v) is 5.23. The minimum atomic E-state index is 0.363. The summed E-state index contributed by atoms with van der Waals surface area (Å²) in [4.78, 5) is 10.3. The highest BCUT2D eigenvalue weighted by molar-refractivity contribution is 5.46. The predicted molar refractivity (Wildman–Crippen MR) is 86.1 cm³/mol. The number of carbonyl (C=O) groups excluding carboxylic acids is 1. The van der Waals surface area contributed by atoms with E-state index in [2.05, 4.69) is 66.1 Å². The Balaban J connectivity index is 2.07. The number of rotatable bonds is 7. The lowest BCUT2D eigenvalue weighted by molar-refractivity contribution is -0.109. The van der Waals surface area contributed by atoms with Crippen molar-refractivity contribution in [2.75, 3.05) is 7.05 Å². The summed E-state index contributed by atoms with van der Waals surface area (Å²) in [5, 5.41) is 5.83. The molecule has 3 nitrogen and oxygen atoms in total. The number of carbonyl (C=O) groups is 1. The SMILES string of the molecule is CNCc1ccc(C(C)c2ccc(CNC=O)cc2)cc1. The molecule has 0 aliphatic carbocycles. The normalized spacial score (nSPS) is 11.9. The van der Waals surface area contributed by atoms with E-state index < -0.39 is 0 Å². The van der Waals surface area contributed by atoms with Crippen LogP contribution in [0.4, 0.5) is 0 Å². The van der Waals surface area contributed by atoms with Gasteiger partial charge in [-0.25, -0.2) is 0 Å². The van der Waals surface area contributed by atoms with Crippen molar-refractivity contribution in [1.82, 2.24) is 10.6 Å². The molecule has 0 spiro atoms. The van der Waals surface area contributed by atoms with Gasteiger partial charge in [-0.05, 0) is 29.3 Å². The quantitative estimate of drug-likeness (QED) is 0.767. The topological polar surface area (TPSA) is 41.1 Å². The molecular formula is C18H22N2O. The summed E-state index contributed by atoms with van der Waals surface area (Å²) >= 11 is 0. The molecule has 1 amide bonds. The zero-order valence-electron chi connectivity index (χ0n) is 12.6. The number of nitrogens with one attached hydrogen (secondary N) is 2. The first-order valence-corrected chi connectivity index (χ1v) is 7.24. The molecule has 2 aromatic rings. The Morgan fingerprint density at radius 2 is 1.38 bits per heavy atom. The van der Waals surface area contributed by atoms with Crippen molar-refractivity contribution in [3.63, 3.8) is 0 Å².